The molecule has 0 aromatic carbocycles. The highest BCUT2D eigenvalue weighted by Crippen LogP contribution is 2.43. The van der Waals surface area contributed by atoms with E-state index in [1.807, 2.05) is 0 Å². The third kappa shape index (κ3) is 9.92. The maximum absolute atomic E-state index is 6.71. The molecule has 0 aromatic heterocycles. The molecule has 32 heavy (non-hydrogen) atoms. The van der Waals surface area contributed by atoms with Crippen molar-refractivity contribution in [1.29, 1.82) is 0 Å². The third-order valence-corrected chi connectivity index (χ3v) is 14.6. The summed E-state index contributed by atoms with van der Waals surface area (Å²) in [6.07, 6.45) is 28.2. The molecular formula is C28H60O2Si2. The van der Waals surface area contributed by atoms with Crippen LogP contribution < -0.4 is 0 Å². The summed E-state index contributed by atoms with van der Waals surface area (Å²) in [6.45, 7) is 6.89. The van der Waals surface area contributed by atoms with Gasteiger partial charge in [-0.05, 0) is 38.5 Å². The van der Waals surface area contributed by atoms with E-state index in [1.54, 1.807) is 0 Å². The first-order valence-electron chi connectivity index (χ1n) is 14.4. The van der Waals surface area contributed by atoms with E-state index in [-0.39, 0.29) is 17.9 Å². The van der Waals surface area contributed by atoms with Gasteiger partial charge in [-0.1, -0.05) is 117 Å². The van der Waals surface area contributed by atoms with Gasteiger partial charge < -0.3 is 9.47 Å². The van der Waals surface area contributed by atoms with E-state index in [4.69, 9.17) is 9.47 Å². The molecule has 2 saturated heterocycles. The highest BCUT2D eigenvalue weighted by atomic mass is 28.3. The molecule has 3 atom stereocenters. The minimum absolute atomic E-state index is 0. The minimum atomic E-state index is -0.961. The summed E-state index contributed by atoms with van der Waals surface area (Å²) in [4.78, 5) is 0. The summed E-state index contributed by atoms with van der Waals surface area (Å²) in [6, 6.07) is 1.46. The Hall–Kier alpha value is 0.354. The largest absolute Gasteiger partial charge is 0.377 e. The molecule has 4 heteroatoms. The lowest BCUT2D eigenvalue weighted by Crippen LogP contribution is -2.67. The van der Waals surface area contributed by atoms with Gasteiger partial charge in [-0.2, -0.15) is 0 Å². The van der Waals surface area contributed by atoms with Crippen molar-refractivity contribution in [3.8, 4) is 0 Å². The van der Waals surface area contributed by atoms with Gasteiger partial charge in [-0.3, -0.25) is 0 Å². The van der Waals surface area contributed by atoms with E-state index in [2.05, 4.69) is 13.5 Å². The average Bonchev–Trinajstić information content (AvgIpc) is 2.80. The van der Waals surface area contributed by atoms with Crippen LogP contribution in [-0.2, 0) is 9.47 Å². The summed E-state index contributed by atoms with van der Waals surface area (Å²) in [7, 11) is 0.180. The van der Waals surface area contributed by atoms with Crippen LogP contribution in [0, 0.1) is 0 Å². The molecule has 0 N–H and O–H groups in total. The first-order chi connectivity index (χ1) is 15.1. The Labute approximate surface area is 207 Å². The third-order valence-electron chi connectivity index (χ3n) is 8.45. The van der Waals surface area contributed by atoms with Gasteiger partial charge in [0.25, 0.3) is 0 Å². The lowest BCUT2D eigenvalue weighted by atomic mass is 9.96. The molecular weight excluding hydrogens is 424 g/mol. The van der Waals surface area contributed by atoms with E-state index in [0.717, 1.165) is 23.5 Å². The van der Waals surface area contributed by atoms with Crippen molar-refractivity contribution in [3.05, 3.63) is 0 Å². The minimum Gasteiger partial charge on any atom is -0.377 e. The second-order valence-corrected chi connectivity index (χ2v) is 15.9. The van der Waals surface area contributed by atoms with E-state index < -0.39 is 8.80 Å². The summed E-state index contributed by atoms with van der Waals surface area (Å²) in [5.41, 5.74) is 0. The van der Waals surface area contributed by atoms with Crippen LogP contribution in [0.25, 0.3) is 0 Å². The van der Waals surface area contributed by atoms with Crippen LogP contribution in [0.2, 0.25) is 12.6 Å². The lowest BCUT2D eigenvalue weighted by Gasteiger charge is -2.55. The molecule has 192 valence electrons. The number of hydrogen-bond acceptors (Lipinski definition) is 2. The van der Waals surface area contributed by atoms with Gasteiger partial charge >= 0.3 is 0 Å². The summed E-state index contributed by atoms with van der Waals surface area (Å²) in [5, 5.41) is 0.293. The summed E-state index contributed by atoms with van der Waals surface area (Å²) < 4.78 is 13.2. The molecule has 0 aromatic rings. The van der Waals surface area contributed by atoms with Gasteiger partial charge in [0.2, 0.25) is 0 Å². The second-order valence-electron chi connectivity index (χ2n) is 11.0. The molecule has 0 bridgehead atoms. The first kappa shape index (κ1) is 30.4. The zero-order valence-corrected chi connectivity index (χ0v) is 24.8. The Morgan fingerprint density at radius 1 is 0.656 bits per heavy atom. The van der Waals surface area contributed by atoms with Gasteiger partial charge in [0.05, 0.1) is 19.2 Å². The van der Waals surface area contributed by atoms with E-state index in [0.29, 0.717) is 0 Å². The molecule has 0 radical (unpaired) electrons. The number of unbranched alkanes of at least 4 members (excludes halogenated alkanes) is 13. The van der Waals surface area contributed by atoms with Crippen molar-refractivity contribution in [3.63, 3.8) is 0 Å². The maximum Gasteiger partial charge on any atom is 0.0793 e. The molecule has 2 rings (SSSR count). The molecule has 2 fully saturated rings. The predicted molar refractivity (Wildman–Crippen MR) is 150 cm³/mol. The molecule has 0 amide bonds. The SMILES string of the molecule is C.CCCCCCCCCCCCCCCC[SiH](C)C1(C2([SiH3])CCCCO2)CCCCO1. The molecule has 0 aliphatic carbocycles. The van der Waals surface area contributed by atoms with Crippen LogP contribution in [0.5, 0.6) is 0 Å². The van der Waals surface area contributed by atoms with Crippen molar-refractivity contribution in [1.82, 2.24) is 0 Å². The zero-order valence-electron chi connectivity index (χ0n) is 21.7. The fourth-order valence-corrected chi connectivity index (χ4v) is 12.5. The van der Waals surface area contributed by atoms with Crippen molar-refractivity contribution in [2.75, 3.05) is 13.2 Å². The second kappa shape index (κ2) is 17.7. The lowest BCUT2D eigenvalue weighted by molar-refractivity contribution is -0.161. The fraction of sp³-hybridized carbons (Fsp3) is 1.00. The average molecular weight is 485 g/mol. The highest BCUT2D eigenvalue weighted by Gasteiger charge is 2.54. The first-order valence-corrected chi connectivity index (χ1v) is 18.0. The normalized spacial score (nSPS) is 27.2. The van der Waals surface area contributed by atoms with E-state index in [1.165, 1.54) is 134 Å². The van der Waals surface area contributed by atoms with E-state index in [9.17, 15) is 0 Å². The van der Waals surface area contributed by atoms with Crippen LogP contribution in [0.4, 0.5) is 0 Å². The zero-order chi connectivity index (χ0) is 22.3. The van der Waals surface area contributed by atoms with Gasteiger partial charge in [0, 0.05) is 23.5 Å². The molecule has 0 spiro atoms. The Morgan fingerprint density at radius 3 is 1.56 bits per heavy atom. The molecule has 0 saturated carbocycles. The monoisotopic (exact) mass is 484 g/mol. The Balaban J connectivity index is 0.00000512. The van der Waals surface area contributed by atoms with Crippen molar-refractivity contribution in [2.24, 2.45) is 0 Å². The quantitative estimate of drug-likeness (QED) is 0.155. The van der Waals surface area contributed by atoms with Gasteiger partial charge in [-0.15, -0.1) is 0 Å². The van der Waals surface area contributed by atoms with Crippen LogP contribution in [0.15, 0.2) is 0 Å². The number of rotatable bonds is 17. The Kier molecular flexibility index (Phi) is 16.8. The highest BCUT2D eigenvalue weighted by molar-refractivity contribution is 6.62. The summed E-state index contributed by atoms with van der Waals surface area (Å²) in [5.74, 6) is 0. The number of hydrogen-bond donors (Lipinski definition) is 0. The maximum atomic E-state index is 6.71. The van der Waals surface area contributed by atoms with E-state index >= 15 is 0 Å². The molecule has 2 aliphatic rings. The van der Waals surface area contributed by atoms with Gasteiger partial charge in [0.15, 0.2) is 0 Å². The van der Waals surface area contributed by atoms with Crippen LogP contribution in [0.1, 0.15) is 143 Å². The van der Waals surface area contributed by atoms with Gasteiger partial charge in [-0.25, -0.2) is 0 Å². The molecule has 2 heterocycles. The van der Waals surface area contributed by atoms with Crippen molar-refractivity contribution in [2.45, 2.75) is 166 Å². The molecule has 2 aliphatic heterocycles. The van der Waals surface area contributed by atoms with Crippen LogP contribution >= 0.6 is 0 Å². The van der Waals surface area contributed by atoms with Crippen molar-refractivity contribution < 1.29 is 9.47 Å². The molecule has 3 unspecified atom stereocenters. The predicted octanol–water partition coefficient (Wildman–Crippen LogP) is 7.70. The Morgan fingerprint density at radius 2 is 1.12 bits per heavy atom. The standard InChI is InChI=1S/C27H56O2Si2.CH4/c1-3-4-5-6-7-8-9-10-11-12-13-14-15-20-25-31(2)27(22-17-19-24-29-27)26(30)21-16-18-23-28-26;/h31H,3-25H2,1-2,30H3;1H4. The fourth-order valence-electron chi connectivity index (χ4n) is 6.29. The van der Waals surface area contributed by atoms with Crippen LogP contribution in [-0.4, -0.2) is 42.7 Å². The van der Waals surface area contributed by atoms with Crippen LogP contribution in [0.3, 0.4) is 0 Å². The van der Waals surface area contributed by atoms with Crippen molar-refractivity contribution >= 4 is 19.0 Å². The number of ether oxygens (including phenoxy) is 2. The summed E-state index contributed by atoms with van der Waals surface area (Å²) >= 11 is 0. The smallest absolute Gasteiger partial charge is 0.0793 e. The Bertz CT molecular complexity index is 431. The topological polar surface area (TPSA) is 18.5 Å². The van der Waals surface area contributed by atoms with Gasteiger partial charge in [0.1, 0.15) is 0 Å². The molecule has 2 nitrogen and oxygen atoms in total.